The quantitative estimate of drug-likeness (QED) is 0.144. The monoisotopic (exact) mass is 656 g/mol. The molecule has 1 amide bonds. The number of hydrazone groups is 1. The number of fused-ring (bicyclic) bond motifs is 1. The number of carbonyl (C=O) groups is 1. The van der Waals surface area contributed by atoms with E-state index in [1.807, 2.05) is 60.7 Å². The van der Waals surface area contributed by atoms with Crippen molar-refractivity contribution in [3.63, 3.8) is 0 Å². The largest absolute Gasteiger partial charge is 0.487 e. The molecule has 156 valence electrons. The maximum absolute atomic E-state index is 12.3. The van der Waals surface area contributed by atoms with Crippen molar-refractivity contribution < 1.29 is 13.9 Å². The lowest BCUT2D eigenvalue weighted by Crippen LogP contribution is -2.16. The van der Waals surface area contributed by atoms with Gasteiger partial charge in [-0.3, -0.25) is 4.79 Å². The van der Waals surface area contributed by atoms with Gasteiger partial charge in [0, 0.05) is 16.0 Å². The summed E-state index contributed by atoms with van der Waals surface area (Å²) in [6, 6.07) is 20.6. The van der Waals surface area contributed by atoms with E-state index in [-0.39, 0.29) is 5.76 Å². The summed E-state index contributed by atoms with van der Waals surface area (Å²) >= 11 is 10.6. The fourth-order valence-electron chi connectivity index (χ4n) is 2.87. The fourth-order valence-corrected chi connectivity index (χ4v) is 5.19. The number of furan rings is 1. The summed E-state index contributed by atoms with van der Waals surface area (Å²) in [5.41, 5.74) is 4.92. The molecule has 0 unspecified atom stereocenters. The third-order valence-corrected chi connectivity index (χ3v) is 6.35. The molecule has 0 fully saturated rings. The van der Waals surface area contributed by atoms with E-state index in [4.69, 9.17) is 20.8 Å². The van der Waals surface area contributed by atoms with E-state index in [0.29, 0.717) is 17.2 Å². The number of nitrogens with one attached hydrogen (secondary N) is 1. The van der Waals surface area contributed by atoms with Gasteiger partial charge in [-0.25, -0.2) is 5.43 Å². The Kier molecular flexibility index (Phi) is 7.13. The first-order valence-electron chi connectivity index (χ1n) is 9.18. The zero-order valence-electron chi connectivity index (χ0n) is 15.9. The third-order valence-electron chi connectivity index (χ3n) is 4.38. The lowest BCUT2D eigenvalue weighted by atomic mass is 10.2. The topological polar surface area (TPSA) is 63.8 Å². The van der Waals surface area contributed by atoms with Crippen LogP contribution in [0.3, 0.4) is 0 Å². The summed E-state index contributed by atoms with van der Waals surface area (Å²) in [4.78, 5) is 12.3. The Morgan fingerprint density at radius 1 is 1.06 bits per heavy atom. The summed E-state index contributed by atoms with van der Waals surface area (Å²) < 4.78 is 13.4. The highest BCUT2D eigenvalue weighted by molar-refractivity contribution is 14.1. The van der Waals surface area contributed by atoms with Gasteiger partial charge in [-0.15, -0.1) is 0 Å². The molecule has 1 N–H and O–H groups in total. The van der Waals surface area contributed by atoms with Crippen LogP contribution in [-0.2, 0) is 6.61 Å². The number of benzene rings is 3. The molecule has 5 nitrogen and oxygen atoms in total. The highest BCUT2D eigenvalue weighted by atomic mass is 127. The van der Waals surface area contributed by atoms with Crippen molar-refractivity contribution in [2.45, 2.75) is 6.61 Å². The minimum atomic E-state index is -0.406. The summed E-state index contributed by atoms with van der Waals surface area (Å²) in [6.07, 6.45) is 1.59. The standard InChI is InChI=1S/C23H15ClI2N2O3/c24-17-7-3-1-6-16(17)13-30-22-18(25)9-14(10-19(22)26)12-27-28-23(29)21-11-15-5-2-4-8-20(15)31-21/h1-12H,13H2,(H,28,29)/b27-12+. The SMILES string of the molecule is O=C(N/N=C/c1cc(I)c(OCc2ccccc2Cl)c(I)c1)c1cc2ccccc2o1. The van der Waals surface area contributed by atoms with Gasteiger partial charge in [-0.1, -0.05) is 48.0 Å². The Balaban J connectivity index is 1.42. The number of rotatable bonds is 6. The summed E-state index contributed by atoms with van der Waals surface area (Å²) in [5.74, 6) is 0.590. The lowest BCUT2D eigenvalue weighted by molar-refractivity contribution is 0.0929. The number of hydrogen-bond acceptors (Lipinski definition) is 4. The van der Waals surface area contributed by atoms with Crippen LogP contribution in [0.2, 0.25) is 5.02 Å². The molecular formula is C23H15ClI2N2O3. The van der Waals surface area contributed by atoms with Crippen LogP contribution in [0.5, 0.6) is 5.75 Å². The molecule has 0 saturated heterocycles. The molecule has 1 aromatic heterocycles. The zero-order chi connectivity index (χ0) is 21.8. The van der Waals surface area contributed by atoms with Crippen LogP contribution >= 0.6 is 56.8 Å². The van der Waals surface area contributed by atoms with Gasteiger partial charge in [0.2, 0.25) is 0 Å². The molecule has 8 heteroatoms. The van der Waals surface area contributed by atoms with E-state index in [2.05, 4.69) is 55.7 Å². The first-order chi connectivity index (χ1) is 15.0. The zero-order valence-corrected chi connectivity index (χ0v) is 21.0. The van der Waals surface area contributed by atoms with Gasteiger partial charge < -0.3 is 9.15 Å². The van der Waals surface area contributed by atoms with Crippen molar-refractivity contribution in [2.24, 2.45) is 5.10 Å². The van der Waals surface area contributed by atoms with Crippen molar-refractivity contribution >= 4 is 79.9 Å². The maximum atomic E-state index is 12.3. The molecule has 0 atom stereocenters. The van der Waals surface area contributed by atoms with Crippen molar-refractivity contribution in [1.82, 2.24) is 5.43 Å². The maximum Gasteiger partial charge on any atom is 0.307 e. The van der Waals surface area contributed by atoms with Crippen LogP contribution in [0.1, 0.15) is 21.7 Å². The highest BCUT2D eigenvalue weighted by Gasteiger charge is 2.12. The molecule has 31 heavy (non-hydrogen) atoms. The smallest absolute Gasteiger partial charge is 0.307 e. The molecule has 3 aromatic carbocycles. The van der Waals surface area contributed by atoms with Gasteiger partial charge in [-0.2, -0.15) is 5.10 Å². The Bertz CT molecular complexity index is 1230. The van der Waals surface area contributed by atoms with Crippen molar-refractivity contribution in [2.75, 3.05) is 0 Å². The minimum absolute atomic E-state index is 0.214. The lowest BCUT2D eigenvalue weighted by Gasteiger charge is -2.12. The highest BCUT2D eigenvalue weighted by Crippen LogP contribution is 2.30. The van der Waals surface area contributed by atoms with Gasteiger partial charge in [0.25, 0.3) is 0 Å². The van der Waals surface area contributed by atoms with Gasteiger partial charge in [-0.05, 0) is 81.1 Å². The third kappa shape index (κ3) is 5.39. The average molecular weight is 657 g/mol. The van der Waals surface area contributed by atoms with Crippen LogP contribution in [0.15, 0.2) is 76.2 Å². The first kappa shape index (κ1) is 22.1. The Labute approximate surface area is 211 Å². The number of nitrogens with zero attached hydrogens (tertiary/aromatic N) is 1. The van der Waals surface area contributed by atoms with Crippen molar-refractivity contribution in [1.29, 1.82) is 0 Å². The molecule has 4 aromatic rings. The number of halogens is 3. The van der Waals surface area contributed by atoms with Crippen LogP contribution in [0.25, 0.3) is 11.0 Å². The molecule has 0 saturated carbocycles. The summed E-state index contributed by atoms with van der Waals surface area (Å²) in [6.45, 7) is 0.382. The van der Waals surface area contributed by atoms with Crippen molar-refractivity contribution in [3.8, 4) is 5.75 Å². The van der Waals surface area contributed by atoms with E-state index in [1.54, 1.807) is 12.3 Å². The Morgan fingerprint density at radius 3 is 2.52 bits per heavy atom. The molecule has 0 bridgehead atoms. The Morgan fingerprint density at radius 2 is 1.77 bits per heavy atom. The number of amides is 1. The first-order valence-corrected chi connectivity index (χ1v) is 11.7. The predicted molar refractivity (Wildman–Crippen MR) is 139 cm³/mol. The van der Waals surface area contributed by atoms with Gasteiger partial charge in [0.1, 0.15) is 17.9 Å². The second kappa shape index (κ2) is 10.0. The molecular weight excluding hydrogens is 642 g/mol. The molecule has 0 spiro atoms. The van der Waals surface area contributed by atoms with Gasteiger partial charge in [0.15, 0.2) is 5.76 Å². The molecule has 0 radical (unpaired) electrons. The van der Waals surface area contributed by atoms with Crippen LogP contribution in [0, 0.1) is 7.14 Å². The minimum Gasteiger partial charge on any atom is -0.487 e. The number of carbonyl (C=O) groups excluding carboxylic acids is 1. The van der Waals surface area contributed by atoms with Crippen LogP contribution in [-0.4, -0.2) is 12.1 Å². The van der Waals surface area contributed by atoms with E-state index < -0.39 is 5.91 Å². The van der Waals surface area contributed by atoms with E-state index in [9.17, 15) is 4.79 Å². The number of hydrogen-bond donors (Lipinski definition) is 1. The molecule has 1 heterocycles. The van der Waals surface area contributed by atoms with E-state index >= 15 is 0 Å². The van der Waals surface area contributed by atoms with Gasteiger partial charge >= 0.3 is 5.91 Å². The summed E-state index contributed by atoms with van der Waals surface area (Å²) in [7, 11) is 0. The molecule has 0 aliphatic rings. The van der Waals surface area contributed by atoms with Crippen LogP contribution < -0.4 is 10.2 Å². The van der Waals surface area contributed by atoms with Crippen molar-refractivity contribution in [3.05, 3.63) is 95.8 Å². The predicted octanol–water partition coefficient (Wildman–Crippen LogP) is 6.64. The second-order valence-electron chi connectivity index (χ2n) is 6.54. The fraction of sp³-hybridized carbons (Fsp3) is 0.0435. The number of para-hydroxylation sites is 1. The number of ether oxygens (including phenoxy) is 1. The van der Waals surface area contributed by atoms with E-state index in [1.165, 1.54) is 0 Å². The second-order valence-corrected chi connectivity index (χ2v) is 9.27. The Hall–Kier alpha value is -2.11. The normalized spacial score (nSPS) is 11.2. The van der Waals surface area contributed by atoms with Crippen LogP contribution in [0.4, 0.5) is 0 Å². The summed E-state index contributed by atoms with van der Waals surface area (Å²) in [5, 5.41) is 5.60. The average Bonchev–Trinajstić information content (AvgIpc) is 3.19. The van der Waals surface area contributed by atoms with E-state index in [0.717, 1.165) is 29.4 Å². The molecule has 0 aliphatic carbocycles. The molecule has 0 aliphatic heterocycles. The molecule has 4 rings (SSSR count). The van der Waals surface area contributed by atoms with Gasteiger partial charge in [0.05, 0.1) is 13.4 Å².